The summed E-state index contributed by atoms with van der Waals surface area (Å²) in [6, 6.07) is 4.96. The smallest absolute Gasteiger partial charge is 0.155 e. The molecule has 0 aliphatic carbocycles. The molecule has 150 valence electrons. The van der Waals surface area contributed by atoms with Crippen molar-refractivity contribution in [2.45, 2.75) is 39.3 Å². The highest BCUT2D eigenvalue weighted by molar-refractivity contribution is 6.00. The number of benzene rings is 2. The molecule has 0 spiro atoms. The Morgan fingerprint density at radius 3 is 2.15 bits per heavy atom. The Hall–Kier alpha value is -2.22. The Morgan fingerprint density at radius 1 is 0.963 bits per heavy atom. The maximum Gasteiger partial charge on any atom is 0.155 e. The molecule has 0 aromatic heterocycles. The van der Waals surface area contributed by atoms with E-state index < -0.39 is 18.5 Å². The van der Waals surface area contributed by atoms with Crippen molar-refractivity contribution in [3.05, 3.63) is 23.8 Å². The van der Waals surface area contributed by atoms with Gasteiger partial charge < -0.3 is 33.9 Å². The van der Waals surface area contributed by atoms with Crippen molar-refractivity contribution in [3.63, 3.8) is 0 Å². The number of hydrogen-bond acceptors (Lipinski definition) is 7. The number of hydrogen-bond donors (Lipinski definition) is 2. The van der Waals surface area contributed by atoms with Gasteiger partial charge in [-0.25, -0.2) is 0 Å². The number of phenols is 1. The minimum Gasteiger partial charge on any atom is -0.507 e. The van der Waals surface area contributed by atoms with Gasteiger partial charge in [-0.2, -0.15) is 0 Å². The van der Waals surface area contributed by atoms with E-state index in [1.807, 2.05) is 6.92 Å². The fraction of sp³-hybridized carbons (Fsp3) is 0.500. The summed E-state index contributed by atoms with van der Waals surface area (Å²) >= 11 is 0. The lowest BCUT2D eigenvalue weighted by Gasteiger charge is -2.25. The van der Waals surface area contributed by atoms with E-state index in [1.54, 1.807) is 32.0 Å². The lowest BCUT2D eigenvalue weighted by atomic mass is 9.97. The van der Waals surface area contributed by atoms with Crippen LogP contribution in [-0.2, 0) is 9.47 Å². The summed E-state index contributed by atoms with van der Waals surface area (Å²) in [6.07, 6.45) is -2.19. The number of phenolic OH excluding ortho intramolecular Hbond substituents is 1. The third kappa shape index (κ3) is 4.37. The number of aliphatic hydroxyl groups is 1. The first-order valence-corrected chi connectivity index (χ1v) is 8.78. The zero-order valence-electron chi connectivity index (χ0n) is 16.6. The molecular formula is C20H28O7. The van der Waals surface area contributed by atoms with Crippen LogP contribution in [-0.4, -0.2) is 50.5 Å². The zero-order chi connectivity index (χ0) is 20.1. The lowest BCUT2D eigenvalue weighted by Crippen LogP contribution is -2.25. The molecule has 7 heteroatoms. The first-order valence-electron chi connectivity index (χ1n) is 8.78. The average molecular weight is 380 g/mol. The number of aromatic hydroxyl groups is 1. The van der Waals surface area contributed by atoms with E-state index in [0.29, 0.717) is 34.6 Å². The average Bonchev–Trinajstić information content (AvgIpc) is 2.67. The maximum atomic E-state index is 10.9. The molecule has 0 aliphatic heterocycles. The molecule has 2 N–H and O–H groups in total. The van der Waals surface area contributed by atoms with Gasteiger partial charge in [-0.1, -0.05) is 0 Å². The van der Waals surface area contributed by atoms with Gasteiger partial charge in [-0.05, 0) is 32.9 Å². The van der Waals surface area contributed by atoms with Gasteiger partial charge in [0.15, 0.2) is 6.29 Å². The molecule has 0 saturated heterocycles. The predicted octanol–water partition coefficient (Wildman–Crippen LogP) is 3.39. The molecule has 0 radical (unpaired) electrons. The van der Waals surface area contributed by atoms with E-state index in [4.69, 9.17) is 23.7 Å². The summed E-state index contributed by atoms with van der Waals surface area (Å²) in [5.74, 6) is 1.38. The van der Waals surface area contributed by atoms with Crippen molar-refractivity contribution in [2.75, 3.05) is 27.9 Å². The predicted molar refractivity (Wildman–Crippen MR) is 102 cm³/mol. The molecular weight excluding hydrogens is 352 g/mol. The quantitative estimate of drug-likeness (QED) is 0.645. The largest absolute Gasteiger partial charge is 0.507 e. The van der Waals surface area contributed by atoms with Crippen molar-refractivity contribution in [3.8, 4) is 23.0 Å². The van der Waals surface area contributed by atoms with Crippen LogP contribution in [0.15, 0.2) is 18.2 Å². The Morgan fingerprint density at radius 2 is 1.59 bits per heavy atom. The number of aliphatic hydroxyl groups excluding tert-OH is 1. The number of rotatable bonds is 9. The highest BCUT2D eigenvalue weighted by Crippen LogP contribution is 2.45. The van der Waals surface area contributed by atoms with Crippen LogP contribution in [0.3, 0.4) is 0 Å². The van der Waals surface area contributed by atoms with Crippen LogP contribution in [0, 0.1) is 0 Å². The summed E-state index contributed by atoms with van der Waals surface area (Å²) in [6.45, 7) is 5.83. The third-order valence-corrected chi connectivity index (χ3v) is 4.38. The van der Waals surface area contributed by atoms with Crippen LogP contribution in [0.2, 0.25) is 0 Å². The monoisotopic (exact) mass is 380 g/mol. The molecule has 0 saturated carbocycles. The maximum absolute atomic E-state index is 10.9. The van der Waals surface area contributed by atoms with E-state index in [1.165, 1.54) is 21.3 Å². The molecule has 0 bridgehead atoms. The molecule has 0 amide bonds. The van der Waals surface area contributed by atoms with Crippen LogP contribution in [0.5, 0.6) is 23.0 Å². The minimum absolute atomic E-state index is 0.0880. The molecule has 27 heavy (non-hydrogen) atoms. The molecule has 0 heterocycles. The van der Waals surface area contributed by atoms with E-state index in [9.17, 15) is 10.2 Å². The van der Waals surface area contributed by atoms with Crippen molar-refractivity contribution in [1.29, 1.82) is 0 Å². The van der Waals surface area contributed by atoms with Crippen LogP contribution in [0.1, 0.15) is 32.4 Å². The summed E-state index contributed by atoms with van der Waals surface area (Å²) in [7, 11) is 4.57. The first-order chi connectivity index (χ1) is 12.9. The van der Waals surface area contributed by atoms with Crippen LogP contribution in [0.4, 0.5) is 0 Å². The lowest BCUT2D eigenvalue weighted by molar-refractivity contribution is -0.176. The first kappa shape index (κ1) is 21.1. The molecule has 2 aromatic rings. The topological polar surface area (TPSA) is 86.6 Å². The van der Waals surface area contributed by atoms with Gasteiger partial charge in [-0.15, -0.1) is 0 Å². The highest BCUT2D eigenvalue weighted by atomic mass is 16.7. The van der Waals surface area contributed by atoms with Gasteiger partial charge >= 0.3 is 0 Å². The van der Waals surface area contributed by atoms with E-state index in [0.717, 1.165) is 0 Å². The van der Waals surface area contributed by atoms with E-state index >= 15 is 0 Å². The number of ether oxygens (including phenoxy) is 5. The molecule has 3 atom stereocenters. The molecule has 2 rings (SSSR count). The summed E-state index contributed by atoms with van der Waals surface area (Å²) < 4.78 is 27.2. The highest BCUT2D eigenvalue weighted by Gasteiger charge is 2.26. The molecule has 2 aromatic carbocycles. The normalized spacial score (nSPS) is 14.6. The van der Waals surface area contributed by atoms with Crippen molar-refractivity contribution in [1.82, 2.24) is 0 Å². The molecule has 7 nitrogen and oxygen atoms in total. The summed E-state index contributed by atoms with van der Waals surface area (Å²) in [5, 5.41) is 22.7. The van der Waals surface area contributed by atoms with Crippen LogP contribution >= 0.6 is 0 Å². The fourth-order valence-electron chi connectivity index (χ4n) is 3.04. The summed E-state index contributed by atoms with van der Waals surface area (Å²) in [4.78, 5) is 0. The van der Waals surface area contributed by atoms with E-state index in [-0.39, 0.29) is 11.3 Å². The second kappa shape index (κ2) is 9.12. The van der Waals surface area contributed by atoms with Gasteiger partial charge in [0.25, 0.3) is 0 Å². The standard InChI is InChI=1S/C20H28O7/c1-7-26-12(3)27-11(2)19(21)15-10-17(25-6)18-14(20(15)22)8-13(23-4)9-16(18)24-5/h8-12,19,21-22H,7H2,1-6H3/t11-,12-,19-/m0/s1. The molecule has 0 unspecified atom stereocenters. The number of fused-ring (bicyclic) bond motifs is 1. The van der Waals surface area contributed by atoms with Gasteiger partial charge in [0.2, 0.25) is 0 Å². The second-order valence-corrected chi connectivity index (χ2v) is 6.08. The Kier molecular flexibility index (Phi) is 7.12. The van der Waals surface area contributed by atoms with Gasteiger partial charge in [0.1, 0.15) is 29.1 Å². The van der Waals surface area contributed by atoms with Gasteiger partial charge in [-0.3, -0.25) is 0 Å². The van der Waals surface area contributed by atoms with Crippen molar-refractivity contribution < 1.29 is 33.9 Å². The van der Waals surface area contributed by atoms with Crippen molar-refractivity contribution in [2.24, 2.45) is 0 Å². The SMILES string of the molecule is CCO[C@H](C)O[C@@H](C)[C@H](O)c1cc(OC)c2c(OC)cc(OC)cc2c1O. The van der Waals surface area contributed by atoms with Crippen LogP contribution in [0.25, 0.3) is 10.8 Å². The van der Waals surface area contributed by atoms with Gasteiger partial charge in [0, 0.05) is 23.6 Å². The van der Waals surface area contributed by atoms with E-state index in [2.05, 4.69) is 0 Å². The number of methoxy groups -OCH3 is 3. The third-order valence-electron chi connectivity index (χ3n) is 4.38. The van der Waals surface area contributed by atoms with Gasteiger partial charge in [0.05, 0.1) is 32.8 Å². The van der Waals surface area contributed by atoms with Crippen molar-refractivity contribution >= 4 is 10.8 Å². The Labute approximate surface area is 159 Å². The van der Waals surface area contributed by atoms with Crippen LogP contribution < -0.4 is 14.2 Å². The zero-order valence-corrected chi connectivity index (χ0v) is 16.6. The fourth-order valence-corrected chi connectivity index (χ4v) is 3.04. The molecule has 0 aliphatic rings. The summed E-state index contributed by atoms with van der Waals surface area (Å²) in [5.41, 5.74) is 0.283. The minimum atomic E-state index is -1.09. The second-order valence-electron chi connectivity index (χ2n) is 6.08. The Bertz CT molecular complexity index is 775. The molecule has 0 fully saturated rings. The Balaban J connectivity index is 2.56.